The zero-order valence-corrected chi connectivity index (χ0v) is 14.6. The van der Waals surface area contributed by atoms with E-state index in [-0.39, 0.29) is 0 Å². The van der Waals surface area contributed by atoms with Gasteiger partial charge in [-0.15, -0.1) is 0 Å². The molecule has 132 valence electrons. The van der Waals surface area contributed by atoms with Gasteiger partial charge >= 0.3 is 0 Å². The minimum absolute atomic E-state index is 0.336. The largest absolute Gasteiger partial charge is 0.497 e. The van der Waals surface area contributed by atoms with Crippen LogP contribution >= 0.6 is 0 Å². The van der Waals surface area contributed by atoms with Crippen molar-refractivity contribution < 1.29 is 9.47 Å². The van der Waals surface area contributed by atoms with Crippen LogP contribution in [-0.2, 0) is 4.74 Å². The van der Waals surface area contributed by atoms with Gasteiger partial charge in [-0.25, -0.2) is 9.97 Å². The third-order valence-corrected chi connectivity index (χ3v) is 5.00. The monoisotopic (exact) mass is 340 g/mol. The van der Waals surface area contributed by atoms with Gasteiger partial charge in [0.05, 0.1) is 26.4 Å². The Balaban J connectivity index is 1.59. The molecular formula is C19H24N4O2. The number of nitrogens with zero attached hydrogens (tertiary/aromatic N) is 4. The third kappa shape index (κ3) is 3.39. The van der Waals surface area contributed by atoms with E-state index in [1.165, 1.54) is 12.0 Å². The standard InChI is InChI=1S/C19H24N4O2/c1-24-16-5-2-4-15(12-16)17-6-3-7-23(17)19-13-18(20-14-21-19)22-8-10-25-11-9-22/h2,4-5,12-14,17H,3,6-11H2,1H3/t17-/m1/s1. The maximum Gasteiger partial charge on any atom is 0.134 e. The van der Waals surface area contributed by atoms with E-state index in [0.29, 0.717) is 6.04 Å². The minimum Gasteiger partial charge on any atom is -0.497 e. The average Bonchev–Trinajstić information content (AvgIpc) is 3.19. The molecule has 0 saturated carbocycles. The molecule has 0 N–H and O–H groups in total. The molecule has 2 aromatic rings. The van der Waals surface area contributed by atoms with Gasteiger partial charge in [-0.3, -0.25) is 0 Å². The number of benzene rings is 1. The summed E-state index contributed by atoms with van der Waals surface area (Å²) >= 11 is 0. The van der Waals surface area contributed by atoms with Crippen molar-refractivity contribution >= 4 is 11.6 Å². The fourth-order valence-corrected chi connectivity index (χ4v) is 3.70. The third-order valence-electron chi connectivity index (χ3n) is 5.00. The van der Waals surface area contributed by atoms with Crippen LogP contribution in [0.4, 0.5) is 11.6 Å². The van der Waals surface area contributed by atoms with Crippen LogP contribution in [0.3, 0.4) is 0 Å². The number of aromatic nitrogens is 2. The van der Waals surface area contributed by atoms with Crippen LogP contribution in [0.2, 0.25) is 0 Å². The number of methoxy groups -OCH3 is 1. The van der Waals surface area contributed by atoms with Crippen LogP contribution in [0.1, 0.15) is 24.4 Å². The topological polar surface area (TPSA) is 50.7 Å². The van der Waals surface area contributed by atoms with E-state index in [1.807, 2.05) is 6.07 Å². The molecule has 0 amide bonds. The molecule has 6 heteroatoms. The first kappa shape index (κ1) is 16.1. The molecular weight excluding hydrogens is 316 g/mol. The predicted molar refractivity (Wildman–Crippen MR) is 97.4 cm³/mol. The summed E-state index contributed by atoms with van der Waals surface area (Å²) in [6.45, 7) is 4.30. The molecule has 1 atom stereocenters. The molecule has 0 bridgehead atoms. The molecule has 3 heterocycles. The minimum atomic E-state index is 0.336. The van der Waals surface area contributed by atoms with Crippen LogP contribution in [-0.4, -0.2) is 49.9 Å². The highest BCUT2D eigenvalue weighted by molar-refractivity contribution is 5.53. The second-order valence-corrected chi connectivity index (χ2v) is 6.46. The van der Waals surface area contributed by atoms with Crippen LogP contribution in [0.15, 0.2) is 36.7 Å². The van der Waals surface area contributed by atoms with Gasteiger partial charge in [0.25, 0.3) is 0 Å². The van der Waals surface area contributed by atoms with Crippen molar-refractivity contribution in [1.29, 1.82) is 0 Å². The summed E-state index contributed by atoms with van der Waals surface area (Å²) in [5, 5.41) is 0. The number of morpholine rings is 1. The fraction of sp³-hybridized carbons (Fsp3) is 0.474. The summed E-state index contributed by atoms with van der Waals surface area (Å²) in [6.07, 6.45) is 3.98. The first-order valence-corrected chi connectivity index (χ1v) is 8.90. The first-order chi connectivity index (χ1) is 12.3. The van der Waals surface area contributed by atoms with Crippen LogP contribution in [0, 0.1) is 0 Å². The molecule has 0 spiro atoms. The van der Waals surface area contributed by atoms with Crippen molar-refractivity contribution in [3.8, 4) is 5.75 Å². The number of anilines is 2. The Morgan fingerprint density at radius 1 is 1.08 bits per heavy atom. The molecule has 0 aliphatic carbocycles. The highest BCUT2D eigenvalue weighted by atomic mass is 16.5. The number of ether oxygens (including phenoxy) is 2. The van der Waals surface area contributed by atoms with Gasteiger partial charge in [0.15, 0.2) is 0 Å². The van der Waals surface area contributed by atoms with E-state index in [1.54, 1.807) is 13.4 Å². The van der Waals surface area contributed by atoms with E-state index in [0.717, 1.165) is 56.7 Å². The summed E-state index contributed by atoms with van der Waals surface area (Å²) in [5.41, 5.74) is 1.28. The lowest BCUT2D eigenvalue weighted by molar-refractivity contribution is 0.122. The normalized spacial score (nSPS) is 20.8. The molecule has 4 rings (SSSR count). The van der Waals surface area contributed by atoms with Crippen molar-refractivity contribution in [2.45, 2.75) is 18.9 Å². The number of hydrogen-bond donors (Lipinski definition) is 0. The van der Waals surface area contributed by atoms with Gasteiger partial charge in [-0.1, -0.05) is 12.1 Å². The van der Waals surface area contributed by atoms with Crippen molar-refractivity contribution in [1.82, 2.24) is 9.97 Å². The maximum atomic E-state index is 5.44. The lowest BCUT2D eigenvalue weighted by atomic mass is 10.0. The Morgan fingerprint density at radius 2 is 1.92 bits per heavy atom. The Bertz CT molecular complexity index is 718. The first-order valence-electron chi connectivity index (χ1n) is 8.90. The van der Waals surface area contributed by atoms with Crippen LogP contribution in [0.5, 0.6) is 5.75 Å². The van der Waals surface area contributed by atoms with Crippen LogP contribution < -0.4 is 14.5 Å². The van der Waals surface area contributed by atoms with Gasteiger partial charge in [0.2, 0.25) is 0 Å². The molecule has 0 radical (unpaired) electrons. The summed E-state index contributed by atoms with van der Waals surface area (Å²) in [5.74, 6) is 2.90. The summed E-state index contributed by atoms with van der Waals surface area (Å²) in [6, 6.07) is 10.8. The summed E-state index contributed by atoms with van der Waals surface area (Å²) in [7, 11) is 1.71. The molecule has 2 fully saturated rings. The van der Waals surface area contributed by atoms with Crippen molar-refractivity contribution in [3.05, 3.63) is 42.2 Å². The molecule has 2 aliphatic heterocycles. The highest BCUT2D eigenvalue weighted by Crippen LogP contribution is 2.36. The van der Waals surface area contributed by atoms with Gasteiger partial charge in [-0.2, -0.15) is 0 Å². The molecule has 1 aromatic carbocycles. The van der Waals surface area contributed by atoms with E-state index in [4.69, 9.17) is 9.47 Å². The molecule has 0 unspecified atom stereocenters. The maximum absolute atomic E-state index is 5.44. The van der Waals surface area contributed by atoms with Gasteiger partial charge in [0.1, 0.15) is 23.7 Å². The molecule has 25 heavy (non-hydrogen) atoms. The second kappa shape index (κ2) is 7.27. The fourth-order valence-electron chi connectivity index (χ4n) is 3.70. The molecule has 2 saturated heterocycles. The molecule has 6 nitrogen and oxygen atoms in total. The Kier molecular flexibility index (Phi) is 4.70. The summed E-state index contributed by atoms with van der Waals surface area (Å²) < 4.78 is 10.8. The summed E-state index contributed by atoms with van der Waals surface area (Å²) in [4.78, 5) is 13.7. The smallest absolute Gasteiger partial charge is 0.134 e. The molecule has 2 aliphatic rings. The van der Waals surface area contributed by atoms with Crippen molar-refractivity contribution in [2.75, 3.05) is 49.8 Å². The van der Waals surface area contributed by atoms with E-state index in [9.17, 15) is 0 Å². The SMILES string of the molecule is COc1cccc([C@H]2CCCN2c2cc(N3CCOCC3)ncn2)c1. The van der Waals surface area contributed by atoms with Gasteiger partial charge < -0.3 is 19.3 Å². The predicted octanol–water partition coefficient (Wildman–Crippen LogP) is 2.66. The lowest BCUT2D eigenvalue weighted by Crippen LogP contribution is -2.37. The van der Waals surface area contributed by atoms with E-state index < -0.39 is 0 Å². The number of hydrogen-bond acceptors (Lipinski definition) is 6. The van der Waals surface area contributed by atoms with E-state index >= 15 is 0 Å². The zero-order chi connectivity index (χ0) is 17.1. The second-order valence-electron chi connectivity index (χ2n) is 6.46. The Hall–Kier alpha value is -2.34. The van der Waals surface area contributed by atoms with Crippen LogP contribution in [0.25, 0.3) is 0 Å². The lowest BCUT2D eigenvalue weighted by Gasteiger charge is -2.30. The zero-order valence-electron chi connectivity index (χ0n) is 14.6. The Labute approximate surface area is 148 Å². The van der Waals surface area contributed by atoms with Crippen molar-refractivity contribution in [2.24, 2.45) is 0 Å². The number of rotatable bonds is 4. The van der Waals surface area contributed by atoms with Gasteiger partial charge in [0, 0.05) is 25.7 Å². The Morgan fingerprint density at radius 3 is 2.76 bits per heavy atom. The highest BCUT2D eigenvalue weighted by Gasteiger charge is 2.28. The average molecular weight is 340 g/mol. The molecule has 1 aromatic heterocycles. The van der Waals surface area contributed by atoms with Gasteiger partial charge in [-0.05, 0) is 30.5 Å². The van der Waals surface area contributed by atoms with E-state index in [2.05, 4.69) is 44.0 Å². The quantitative estimate of drug-likeness (QED) is 0.853. The van der Waals surface area contributed by atoms with Crippen molar-refractivity contribution in [3.63, 3.8) is 0 Å².